The summed E-state index contributed by atoms with van der Waals surface area (Å²) in [5.41, 5.74) is 0. The van der Waals surface area contributed by atoms with Crippen molar-refractivity contribution in [2.45, 2.75) is 18.7 Å². The summed E-state index contributed by atoms with van der Waals surface area (Å²) in [6.45, 7) is 8.06. The smallest absolute Gasteiger partial charge is 0.243 e. The van der Waals surface area contributed by atoms with E-state index in [0.717, 1.165) is 24.1 Å². The first kappa shape index (κ1) is 16.7. The van der Waals surface area contributed by atoms with Crippen LogP contribution in [0.25, 0.3) is 0 Å². The van der Waals surface area contributed by atoms with Crippen molar-refractivity contribution in [3.8, 4) is 5.75 Å². The maximum Gasteiger partial charge on any atom is 0.243 e. The number of nitrogens with zero attached hydrogens (tertiary/aromatic N) is 2. The molecule has 0 saturated carbocycles. The zero-order valence-electron chi connectivity index (χ0n) is 12.4. The van der Waals surface area contributed by atoms with Gasteiger partial charge in [0.05, 0.1) is 16.0 Å². The Hall–Kier alpha value is -0.630. The number of benzene rings is 1. The van der Waals surface area contributed by atoms with Gasteiger partial charge in [-0.05, 0) is 41.5 Å². The number of rotatable bonds is 5. The molecule has 118 valence electrons. The molecule has 1 fully saturated rings. The highest BCUT2D eigenvalue weighted by Crippen LogP contribution is 2.29. The van der Waals surface area contributed by atoms with Gasteiger partial charge in [-0.1, -0.05) is 6.92 Å². The van der Waals surface area contributed by atoms with Gasteiger partial charge in [0, 0.05) is 32.2 Å². The van der Waals surface area contributed by atoms with Crippen LogP contribution < -0.4 is 4.74 Å². The van der Waals surface area contributed by atoms with Gasteiger partial charge in [0.15, 0.2) is 0 Å². The molecule has 0 amide bonds. The van der Waals surface area contributed by atoms with E-state index in [1.54, 1.807) is 22.5 Å². The second kappa shape index (κ2) is 7.09. The normalized spacial score (nSPS) is 17.9. The Kier molecular flexibility index (Phi) is 5.65. The third-order valence-electron chi connectivity index (χ3n) is 3.62. The summed E-state index contributed by atoms with van der Waals surface area (Å²) in [4.78, 5) is 2.54. The molecule has 1 heterocycles. The number of hydrogen-bond acceptors (Lipinski definition) is 4. The molecule has 1 aliphatic heterocycles. The fourth-order valence-corrected chi connectivity index (χ4v) is 4.14. The lowest BCUT2D eigenvalue weighted by molar-refractivity contribution is 0.196. The molecule has 0 atom stereocenters. The van der Waals surface area contributed by atoms with Gasteiger partial charge in [-0.25, -0.2) is 8.42 Å². The zero-order chi connectivity index (χ0) is 15.5. The molecule has 0 aromatic heterocycles. The molecule has 1 aromatic rings. The lowest BCUT2D eigenvalue weighted by atomic mass is 10.3. The van der Waals surface area contributed by atoms with E-state index >= 15 is 0 Å². The summed E-state index contributed by atoms with van der Waals surface area (Å²) in [6, 6.07) is 4.93. The predicted molar refractivity (Wildman–Crippen MR) is 86.2 cm³/mol. The van der Waals surface area contributed by atoms with Gasteiger partial charge in [0.1, 0.15) is 5.75 Å². The van der Waals surface area contributed by atoms with E-state index in [4.69, 9.17) is 4.74 Å². The maximum atomic E-state index is 12.7. The van der Waals surface area contributed by atoms with Crippen LogP contribution in [0, 0.1) is 0 Å². The van der Waals surface area contributed by atoms with E-state index in [9.17, 15) is 8.42 Å². The molecule has 0 N–H and O–H groups in total. The fraction of sp³-hybridized carbons (Fsp3) is 0.571. The lowest BCUT2D eigenvalue weighted by Gasteiger charge is -2.33. The summed E-state index contributed by atoms with van der Waals surface area (Å²) in [6.07, 6.45) is 0. The minimum atomic E-state index is -3.45. The Morgan fingerprint density at radius 2 is 1.86 bits per heavy atom. The molecule has 0 spiro atoms. The average molecular weight is 377 g/mol. The quantitative estimate of drug-likeness (QED) is 0.789. The van der Waals surface area contributed by atoms with Crippen LogP contribution in [0.2, 0.25) is 0 Å². The monoisotopic (exact) mass is 376 g/mol. The summed E-state index contributed by atoms with van der Waals surface area (Å²) < 4.78 is 33.1. The predicted octanol–water partition coefficient (Wildman–Crippen LogP) is 2.17. The van der Waals surface area contributed by atoms with Crippen LogP contribution in [0.3, 0.4) is 0 Å². The lowest BCUT2D eigenvalue weighted by Crippen LogP contribution is -2.48. The molecule has 0 aliphatic carbocycles. The molecule has 5 nitrogen and oxygen atoms in total. The molecule has 21 heavy (non-hydrogen) atoms. The van der Waals surface area contributed by atoms with Crippen LogP contribution in [0.5, 0.6) is 5.75 Å². The van der Waals surface area contributed by atoms with Gasteiger partial charge in [-0.15, -0.1) is 0 Å². The highest BCUT2D eigenvalue weighted by molar-refractivity contribution is 9.10. The van der Waals surface area contributed by atoms with Crippen molar-refractivity contribution in [3.05, 3.63) is 22.7 Å². The third-order valence-corrected chi connectivity index (χ3v) is 6.17. The van der Waals surface area contributed by atoms with Crippen molar-refractivity contribution in [2.75, 3.05) is 39.3 Å². The minimum absolute atomic E-state index is 0.291. The number of ether oxygens (including phenoxy) is 1. The number of sulfonamides is 1. The first-order chi connectivity index (χ1) is 9.98. The molecule has 1 saturated heterocycles. The van der Waals surface area contributed by atoms with Crippen molar-refractivity contribution in [1.82, 2.24) is 9.21 Å². The zero-order valence-corrected chi connectivity index (χ0v) is 14.8. The van der Waals surface area contributed by atoms with Crippen molar-refractivity contribution >= 4 is 26.0 Å². The summed E-state index contributed by atoms with van der Waals surface area (Å²) in [7, 11) is -3.45. The number of hydrogen-bond donors (Lipinski definition) is 0. The van der Waals surface area contributed by atoms with E-state index in [1.807, 2.05) is 6.92 Å². The largest absolute Gasteiger partial charge is 0.493 e. The minimum Gasteiger partial charge on any atom is -0.493 e. The Bertz CT molecular complexity index is 584. The first-order valence-electron chi connectivity index (χ1n) is 7.14. The van der Waals surface area contributed by atoms with E-state index in [-0.39, 0.29) is 0 Å². The van der Waals surface area contributed by atoms with Gasteiger partial charge in [0.25, 0.3) is 0 Å². The Morgan fingerprint density at radius 3 is 2.43 bits per heavy atom. The van der Waals surface area contributed by atoms with Gasteiger partial charge < -0.3 is 9.64 Å². The second-order valence-electron chi connectivity index (χ2n) is 4.86. The molecule has 0 unspecified atom stereocenters. The fourth-order valence-electron chi connectivity index (χ4n) is 2.35. The molecule has 7 heteroatoms. The van der Waals surface area contributed by atoms with Crippen LogP contribution in [-0.4, -0.2) is 57.0 Å². The van der Waals surface area contributed by atoms with Gasteiger partial charge in [-0.2, -0.15) is 4.31 Å². The molecular weight excluding hydrogens is 356 g/mol. The van der Waals surface area contributed by atoms with Crippen LogP contribution in [0.4, 0.5) is 0 Å². The summed E-state index contributed by atoms with van der Waals surface area (Å²) in [5, 5.41) is 0. The number of halogens is 1. The highest BCUT2D eigenvalue weighted by Gasteiger charge is 2.28. The Labute approximate surface area is 135 Å². The molecule has 0 radical (unpaired) electrons. The SMILES string of the molecule is CCOc1cc(S(=O)(=O)N2CCN(CC)CC2)ccc1Br. The standard InChI is InChI=1S/C14H21BrN2O3S/c1-3-16-7-9-17(10-8-16)21(18,19)12-5-6-13(15)14(11-12)20-4-2/h5-6,11H,3-4,7-10H2,1-2H3. The van der Waals surface area contributed by atoms with E-state index in [1.165, 1.54) is 0 Å². The van der Waals surface area contributed by atoms with Gasteiger partial charge in [0.2, 0.25) is 10.0 Å². The molecule has 1 aliphatic rings. The average Bonchev–Trinajstić information content (AvgIpc) is 2.49. The van der Waals surface area contributed by atoms with Crippen LogP contribution >= 0.6 is 15.9 Å². The Morgan fingerprint density at radius 1 is 1.19 bits per heavy atom. The number of likely N-dealkylation sites (N-methyl/N-ethyl adjacent to an activating group) is 1. The van der Waals surface area contributed by atoms with Crippen molar-refractivity contribution < 1.29 is 13.2 Å². The Balaban J connectivity index is 2.22. The van der Waals surface area contributed by atoms with E-state index < -0.39 is 10.0 Å². The van der Waals surface area contributed by atoms with Crippen LogP contribution in [0.1, 0.15) is 13.8 Å². The van der Waals surface area contributed by atoms with Gasteiger partial charge in [-0.3, -0.25) is 0 Å². The van der Waals surface area contributed by atoms with Crippen LogP contribution in [0.15, 0.2) is 27.6 Å². The topological polar surface area (TPSA) is 49.9 Å². The molecule has 0 bridgehead atoms. The molecule has 1 aromatic carbocycles. The van der Waals surface area contributed by atoms with Crippen molar-refractivity contribution in [1.29, 1.82) is 0 Å². The molecular formula is C14H21BrN2O3S. The van der Waals surface area contributed by atoms with Gasteiger partial charge >= 0.3 is 0 Å². The van der Waals surface area contributed by atoms with E-state index in [2.05, 4.69) is 27.8 Å². The maximum absolute atomic E-state index is 12.7. The van der Waals surface area contributed by atoms with Crippen LogP contribution in [-0.2, 0) is 10.0 Å². The number of piperazine rings is 1. The first-order valence-corrected chi connectivity index (χ1v) is 9.37. The summed E-state index contributed by atoms with van der Waals surface area (Å²) >= 11 is 3.37. The van der Waals surface area contributed by atoms with Crippen molar-refractivity contribution in [3.63, 3.8) is 0 Å². The molecule has 2 rings (SSSR count). The summed E-state index contributed by atoms with van der Waals surface area (Å²) in [5.74, 6) is 0.561. The van der Waals surface area contributed by atoms with Crippen molar-refractivity contribution in [2.24, 2.45) is 0 Å². The van der Waals surface area contributed by atoms with E-state index in [0.29, 0.717) is 30.3 Å². The highest BCUT2D eigenvalue weighted by atomic mass is 79.9. The second-order valence-corrected chi connectivity index (χ2v) is 7.66. The third kappa shape index (κ3) is 3.77.